The van der Waals surface area contributed by atoms with Gasteiger partial charge in [0, 0.05) is 17.3 Å². The van der Waals surface area contributed by atoms with E-state index in [0.717, 1.165) is 35.2 Å². The molecule has 0 radical (unpaired) electrons. The summed E-state index contributed by atoms with van der Waals surface area (Å²) in [6, 6.07) is 13.5. The highest BCUT2D eigenvalue weighted by molar-refractivity contribution is 6.30. The summed E-state index contributed by atoms with van der Waals surface area (Å²) in [6.45, 7) is 4.57. The quantitative estimate of drug-likeness (QED) is 0.684. The lowest BCUT2D eigenvalue weighted by molar-refractivity contribution is -0.126. The topological polar surface area (TPSA) is 58.2 Å². The van der Waals surface area contributed by atoms with Gasteiger partial charge in [0.2, 0.25) is 11.8 Å². The smallest absolute Gasteiger partial charge is 0.233 e. The molecular weight excluding hydrogens is 348 g/mol. The second-order valence-electron chi connectivity index (χ2n) is 6.11. The molecule has 2 rings (SSSR count). The molecule has 4 nitrogen and oxygen atoms in total. The SMILES string of the molecule is CCc1cccc(CC)c1NC(=O)CC(=O)NCCc1cccc(Cl)c1. The highest BCUT2D eigenvalue weighted by Crippen LogP contribution is 2.22. The lowest BCUT2D eigenvalue weighted by Gasteiger charge is -2.14. The Labute approximate surface area is 159 Å². The van der Waals surface area contributed by atoms with Crippen molar-refractivity contribution in [2.75, 3.05) is 11.9 Å². The van der Waals surface area contributed by atoms with Crippen molar-refractivity contribution >= 4 is 29.1 Å². The molecule has 0 atom stereocenters. The number of aryl methyl sites for hydroxylation is 2. The van der Waals surface area contributed by atoms with Crippen LogP contribution < -0.4 is 10.6 Å². The molecule has 0 saturated carbocycles. The summed E-state index contributed by atoms with van der Waals surface area (Å²) in [6.07, 6.45) is 2.15. The summed E-state index contributed by atoms with van der Waals surface area (Å²) in [5, 5.41) is 6.37. The van der Waals surface area contributed by atoms with Crippen LogP contribution in [0.1, 0.15) is 37.0 Å². The van der Waals surface area contributed by atoms with Gasteiger partial charge in [-0.1, -0.05) is 55.8 Å². The molecule has 0 aliphatic heterocycles. The number of benzene rings is 2. The Kier molecular flexibility index (Phi) is 7.67. The van der Waals surface area contributed by atoms with Crippen LogP contribution in [0.15, 0.2) is 42.5 Å². The lowest BCUT2D eigenvalue weighted by atomic mass is 10.0. The lowest BCUT2D eigenvalue weighted by Crippen LogP contribution is -2.30. The van der Waals surface area contributed by atoms with E-state index >= 15 is 0 Å². The zero-order valence-electron chi connectivity index (χ0n) is 15.3. The van der Waals surface area contributed by atoms with E-state index in [1.165, 1.54) is 0 Å². The highest BCUT2D eigenvalue weighted by Gasteiger charge is 2.13. The Morgan fingerprint density at radius 3 is 2.23 bits per heavy atom. The molecule has 2 amide bonds. The molecule has 138 valence electrons. The predicted octanol–water partition coefficient (Wildman–Crippen LogP) is 4.15. The van der Waals surface area contributed by atoms with Crippen LogP contribution in [0, 0.1) is 0 Å². The first-order valence-corrected chi connectivity index (χ1v) is 9.33. The van der Waals surface area contributed by atoms with Crippen LogP contribution in [0.4, 0.5) is 5.69 Å². The first-order chi connectivity index (χ1) is 12.5. The Morgan fingerprint density at radius 1 is 0.962 bits per heavy atom. The minimum atomic E-state index is -0.291. The van der Waals surface area contributed by atoms with Gasteiger partial charge in [-0.3, -0.25) is 9.59 Å². The summed E-state index contributed by atoms with van der Waals surface area (Å²) in [5.41, 5.74) is 4.05. The Hall–Kier alpha value is -2.33. The number of nitrogens with one attached hydrogen (secondary N) is 2. The second kappa shape index (κ2) is 9.97. The standard InChI is InChI=1S/C21H25ClN2O2/c1-3-16-8-6-9-17(4-2)21(16)24-20(26)14-19(25)23-12-11-15-7-5-10-18(22)13-15/h5-10,13H,3-4,11-12,14H2,1-2H3,(H,23,25)(H,24,26). The van der Waals surface area contributed by atoms with Gasteiger partial charge in [-0.2, -0.15) is 0 Å². The molecule has 0 spiro atoms. The average Bonchev–Trinajstić information content (AvgIpc) is 2.61. The summed E-state index contributed by atoms with van der Waals surface area (Å²) >= 11 is 5.94. The van der Waals surface area contributed by atoms with Crippen molar-refractivity contribution in [2.45, 2.75) is 39.5 Å². The number of para-hydroxylation sites is 1. The zero-order chi connectivity index (χ0) is 18.9. The van der Waals surface area contributed by atoms with E-state index in [4.69, 9.17) is 11.6 Å². The molecule has 0 heterocycles. The monoisotopic (exact) mass is 372 g/mol. The molecule has 0 aliphatic rings. The van der Waals surface area contributed by atoms with Crippen molar-refractivity contribution in [3.63, 3.8) is 0 Å². The highest BCUT2D eigenvalue weighted by atomic mass is 35.5. The maximum Gasteiger partial charge on any atom is 0.233 e. The van der Waals surface area contributed by atoms with Gasteiger partial charge >= 0.3 is 0 Å². The second-order valence-corrected chi connectivity index (χ2v) is 6.55. The van der Waals surface area contributed by atoms with E-state index in [-0.39, 0.29) is 18.2 Å². The van der Waals surface area contributed by atoms with Crippen molar-refractivity contribution in [3.8, 4) is 0 Å². The van der Waals surface area contributed by atoms with Gasteiger partial charge in [-0.25, -0.2) is 0 Å². The maximum absolute atomic E-state index is 12.2. The number of hydrogen-bond acceptors (Lipinski definition) is 2. The molecule has 2 aromatic rings. The normalized spacial score (nSPS) is 10.4. The van der Waals surface area contributed by atoms with Crippen LogP contribution in [-0.4, -0.2) is 18.4 Å². The first-order valence-electron chi connectivity index (χ1n) is 8.95. The largest absolute Gasteiger partial charge is 0.355 e. The molecule has 26 heavy (non-hydrogen) atoms. The van der Waals surface area contributed by atoms with Gasteiger partial charge in [0.1, 0.15) is 6.42 Å². The minimum Gasteiger partial charge on any atom is -0.355 e. The van der Waals surface area contributed by atoms with E-state index in [2.05, 4.69) is 10.6 Å². The number of rotatable bonds is 8. The van der Waals surface area contributed by atoms with Crippen LogP contribution in [-0.2, 0) is 28.9 Å². The molecule has 0 bridgehead atoms. The first kappa shape index (κ1) is 20.0. The fraction of sp³-hybridized carbons (Fsp3) is 0.333. The third-order valence-corrected chi connectivity index (χ3v) is 4.44. The number of carbonyl (C=O) groups excluding carboxylic acids is 2. The van der Waals surface area contributed by atoms with Crippen LogP contribution in [0.5, 0.6) is 0 Å². The molecule has 0 aliphatic carbocycles. The molecule has 0 aromatic heterocycles. The van der Waals surface area contributed by atoms with Crippen LogP contribution in [0.3, 0.4) is 0 Å². The van der Waals surface area contributed by atoms with E-state index in [0.29, 0.717) is 18.0 Å². The molecule has 0 fully saturated rings. The van der Waals surface area contributed by atoms with E-state index in [9.17, 15) is 9.59 Å². The number of hydrogen-bond donors (Lipinski definition) is 2. The van der Waals surface area contributed by atoms with Gasteiger partial charge in [-0.05, 0) is 48.1 Å². The number of halogens is 1. The maximum atomic E-state index is 12.2. The fourth-order valence-corrected chi connectivity index (χ4v) is 3.05. The summed E-state index contributed by atoms with van der Waals surface area (Å²) in [7, 11) is 0. The Bertz CT molecular complexity index is 752. The van der Waals surface area contributed by atoms with E-state index in [1.54, 1.807) is 0 Å². The Balaban J connectivity index is 1.85. The van der Waals surface area contributed by atoms with Crippen LogP contribution >= 0.6 is 11.6 Å². The number of anilines is 1. The van der Waals surface area contributed by atoms with Gasteiger partial charge in [0.15, 0.2) is 0 Å². The molecule has 2 aromatic carbocycles. The molecular formula is C21H25ClN2O2. The summed E-state index contributed by atoms with van der Waals surface area (Å²) < 4.78 is 0. The number of carbonyl (C=O) groups is 2. The summed E-state index contributed by atoms with van der Waals surface area (Å²) in [5.74, 6) is -0.572. The van der Waals surface area contributed by atoms with Crippen molar-refractivity contribution in [1.29, 1.82) is 0 Å². The number of amides is 2. The van der Waals surface area contributed by atoms with Gasteiger partial charge in [-0.15, -0.1) is 0 Å². The third-order valence-electron chi connectivity index (χ3n) is 4.21. The van der Waals surface area contributed by atoms with Crippen molar-refractivity contribution < 1.29 is 9.59 Å². The van der Waals surface area contributed by atoms with Gasteiger partial charge in [0.25, 0.3) is 0 Å². The van der Waals surface area contributed by atoms with Gasteiger partial charge in [0.05, 0.1) is 0 Å². The Morgan fingerprint density at radius 2 is 1.62 bits per heavy atom. The van der Waals surface area contributed by atoms with Crippen molar-refractivity contribution in [1.82, 2.24) is 5.32 Å². The molecule has 0 unspecified atom stereocenters. The average molecular weight is 373 g/mol. The van der Waals surface area contributed by atoms with E-state index < -0.39 is 0 Å². The fourth-order valence-electron chi connectivity index (χ4n) is 2.83. The van der Waals surface area contributed by atoms with Crippen molar-refractivity contribution in [3.05, 3.63) is 64.2 Å². The molecule has 5 heteroatoms. The molecule has 2 N–H and O–H groups in total. The predicted molar refractivity (Wildman–Crippen MR) is 107 cm³/mol. The van der Waals surface area contributed by atoms with Gasteiger partial charge < -0.3 is 10.6 Å². The van der Waals surface area contributed by atoms with Crippen LogP contribution in [0.2, 0.25) is 5.02 Å². The zero-order valence-corrected chi connectivity index (χ0v) is 16.0. The van der Waals surface area contributed by atoms with Crippen LogP contribution in [0.25, 0.3) is 0 Å². The van der Waals surface area contributed by atoms with Crippen molar-refractivity contribution in [2.24, 2.45) is 0 Å². The molecule has 0 saturated heterocycles. The summed E-state index contributed by atoms with van der Waals surface area (Å²) in [4.78, 5) is 24.3. The minimum absolute atomic E-state index is 0.184. The van der Waals surface area contributed by atoms with E-state index in [1.807, 2.05) is 56.3 Å². The third kappa shape index (κ3) is 5.88.